The Morgan fingerprint density at radius 1 is 1.45 bits per heavy atom. The zero-order valence-corrected chi connectivity index (χ0v) is 16.0. The summed E-state index contributed by atoms with van der Waals surface area (Å²) in [6, 6.07) is 1.83. The van der Waals surface area contributed by atoms with Gasteiger partial charge in [0.05, 0.1) is 8.57 Å². The normalized spacial score (nSPS) is 12.1. The van der Waals surface area contributed by atoms with Gasteiger partial charge in [-0.25, -0.2) is 9.59 Å². The highest BCUT2D eigenvalue weighted by Gasteiger charge is 2.25. The van der Waals surface area contributed by atoms with Crippen LogP contribution in [0.15, 0.2) is 23.1 Å². The van der Waals surface area contributed by atoms with E-state index in [1.54, 1.807) is 33.8 Å². The molecular formula is C15H20INO4S. The molecule has 0 radical (unpaired) electrons. The topological polar surface area (TPSA) is 66.8 Å². The van der Waals surface area contributed by atoms with Gasteiger partial charge in [-0.05, 0) is 61.2 Å². The molecule has 0 aliphatic heterocycles. The number of amides is 1. The highest BCUT2D eigenvalue weighted by molar-refractivity contribution is 14.1. The van der Waals surface area contributed by atoms with Crippen molar-refractivity contribution in [2.75, 3.05) is 11.4 Å². The van der Waals surface area contributed by atoms with Gasteiger partial charge in [0, 0.05) is 12.1 Å². The standard InChI is InChI=1S/C15H20INO4S/c1-5-10(13(18)19)6-8-17(11-7-9-22-12(11)16)14(20)21-15(2,3)4/h6-7,9H,5,8H2,1-4H3,(H,18,19)/b10-6+. The zero-order chi connectivity index (χ0) is 16.9. The van der Waals surface area contributed by atoms with E-state index in [9.17, 15) is 9.59 Å². The van der Waals surface area contributed by atoms with Crippen LogP contribution < -0.4 is 4.90 Å². The second-order valence-corrected chi connectivity index (χ2v) is 8.29. The van der Waals surface area contributed by atoms with Gasteiger partial charge in [0.2, 0.25) is 0 Å². The van der Waals surface area contributed by atoms with Crippen molar-refractivity contribution in [2.24, 2.45) is 0 Å². The molecule has 1 amide bonds. The fourth-order valence-electron chi connectivity index (χ4n) is 1.65. The van der Waals surface area contributed by atoms with Gasteiger partial charge < -0.3 is 9.84 Å². The first-order valence-corrected chi connectivity index (χ1v) is 8.77. The molecule has 1 aromatic heterocycles. The van der Waals surface area contributed by atoms with Crippen LogP contribution in [0.1, 0.15) is 34.1 Å². The van der Waals surface area contributed by atoms with Crippen LogP contribution >= 0.6 is 33.9 Å². The number of nitrogens with zero attached hydrogens (tertiary/aromatic N) is 1. The second kappa shape index (κ2) is 7.96. The van der Waals surface area contributed by atoms with Crippen LogP contribution in [0.5, 0.6) is 0 Å². The summed E-state index contributed by atoms with van der Waals surface area (Å²) in [5, 5.41) is 11.0. The number of carbonyl (C=O) groups excluding carboxylic acids is 1. The van der Waals surface area contributed by atoms with Crippen molar-refractivity contribution in [3.8, 4) is 0 Å². The molecule has 0 saturated carbocycles. The second-order valence-electron chi connectivity index (χ2n) is 5.56. The summed E-state index contributed by atoms with van der Waals surface area (Å²) in [5.41, 5.74) is 0.400. The quantitative estimate of drug-likeness (QED) is 0.544. The predicted octanol–water partition coefficient (Wildman–Crippen LogP) is 4.52. The summed E-state index contributed by atoms with van der Waals surface area (Å²) in [6.07, 6.45) is 1.47. The van der Waals surface area contributed by atoms with Crippen molar-refractivity contribution in [1.29, 1.82) is 0 Å². The van der Waals surface area contributed by atoms with E-state index in [-0.39, 0.29) is 12.1 Å². The van der Waals surface area contributed by atoms with Crippen molar-refractivity contribution in [3.63, 3.8) is 0 Å². The first kappa shape index (κ1) is 19.0. The van der Waals surface area contributed by atoms with E-state index in [1.165, 1.54) is 16.2 Å². The molecule has 5 nitrogen and oxygen atoms in total. The molecule has 1 rings (SSSR count). The Bertz CT molecular complexity index is 574. The van der Waals surface area contributed by atoms with Crippen LogP contribution in [0.25, 0.3) is 0 Å². The van der Waals surface area contributed by atoms with Gasteiger partial charge in [0.1, 0.15) is 5.60 Å². The Morgan fingerprint density at radius 2 is 2.09 bits per heavy atom. The largest absolute Gasteiger partial charge is 0.478 e. The van der Waals surface area contributed by atoms with Crippen molar-refractivity contribution in [2.45, 2.75) is 39.7 Å². The molecule has 0 aliphatic rings. The van der Waals surface area contributed by atoms with E-state index in [4.69, 9.17) is 9.84 Å². The molecule has 7 heteroatoms. The molecular weight excluding hydrogens is 417 g/mol. The number of carbonyl (C=O) groups is 2. The van der Waals surface area contributed by atoms with Gasteiger partial charge in [-0.3, -0.25) is 4.90 Å². The monoisotopic (exact) mass is 437 g/mol. The molecule has 1 heterocycles. The number of anilines is 1. The van der Waals surface area contributed by atoms with Gasteiger partial charge in [-0.15, -0.1) is 11.3 Å². The lowest BCUT2D eigenvalue weighted by molar-refractivity contribution is -0.132. The number of ether oxygens (including phenoxy) is 1. The Morgan fingerprint density at radius 3 is 2.50 bits per heavy atom. The summed E-state index contributed by atoms with van der Waals surface area (Å²) >= 11 is 3.67. The fraction of sp³-hybridized carbons (Fsp3) is 0.467. The molecule has 0 bridgehead atoms. The average Bonchev–Trinajstić information content (AvgIpc) is 2.78. The first-order valence-electron chi connectivity index (χ1n) is 6.81. The van der Waals surface area contributed by atoms with Crippen molar-refractivity contribution in [1.82, 2.24) is 0 Å². The Hall–Kier alpha value is -1.09. The van der Waals surface area contributed by atoms with Crippen LogP contribution in [-0.4, -0.2) is 29.3 Å². The molecule has 22 heavy (non-hydrogen) atoms. The van der Waals surface area contributed by atoms with E-state index in [1.807, 2.05) is 11.4 Å². The summed E-state index contributed by atoms with van der Waals surface area (Å²) in [5.74, 6) is -0.966. The number of thiophene rings is 1. The molecule has 1 N–H and O–H groups in total. The minimum Gasteiger partial charge on any atom is -0.478 e. The average molecular weight is 437 g/mol. The SMILES string of the molecule is CC/C(=C\CN(C(=O)OC(C)(C)C)c1ccsc1I)C(=O)O. The van der Waals surface area contributed by atoms with E-state index in [0.717, 1.165) is 8.57 Å². The fourth-order valence-corrected chi connectivity index (χ4v) is 3.18. The Labute approximate surface area is 148 Å². The number of aliphatic carboxylic acids is 1. The summed E-state index contributed by atoms with van der Waals surface area (Å²) in [7, 11) is 0. The van der Waals surface area contributed by atoms with Crippen LogP contribution in [-0.2, 0) is 9.53 Å². The van der Waals surface area contributed by atoms with Crippen LogP contribution in [0, 0.1) is 2.88 Å². The number of hydrogen-bond acceptors (Lipinski definition) is 4. The summed E-state index contributed by atoms with van der Waals surface area (Å²) < 4.78 is 6.37. The van der Waals surface area contributed by atoms with Gasteiger partial charge in [-0.2, -0.15) is 0 Å². The van der Waals surface area contributed by atoms with Crippen LogP contribution in [0.3, 0.4) is 0 Å². The maximum atomic E-state index is 12.4. The molecule has 0 fully saturated rings. The van der Waals surface area contributed by atoms with Crippen LogP contribution in [0.4, 0.5) is 10.5 Å². The molecule has 122 valence electrons. The number of carboxylic acid groups (broad SMARTS) is 1. The third kappa shape index (κ3) is 5.60. The third-order valence-corrected chi connectivity index (χ3v) is 4.68. The molecule has 1 aromatic rings. The highest BCUT2D eigenvalue weighted by Crippen LogP contribution is 2.29. The third-order valence-electron chi connectivity index (χ3n) is 2.68. The maximum Gasteiger partial charge on any atom is 0.415 e. The zero-order valence-electron chi connectivity index (χ0n) is 13.1. The lowest BCUT2D eigenvalue weighted by atomic mass is 10.2. The number of rotatable bonds is 5. The molecule has 0 saturated heterocycles. The number of hydrogen-bond donors (Lipinski definition) is 1. The van der Waals surface area contributed by atoms with Crippen molar-refractivity contribution in [3.05, 3.63) is 26.0 Å². The van der Waals surface area contributed by atoms with Gasteiger partial charge in [-0.1, -0.05) is 13.0 Å². The van der Waals surface area contributed by atoms with Gasteiger partial charge in [0.15, 0.2) is 0 Å². The molecule has 0 atom stereocenters. The van der Waals surface area contributed by atoms with Gasteiger partial charge >= 0.3 is 12.1 Å². The van der Waals surface area contributed by atoms with E-state index >= 15 is 0 Å². The van der Waals surface area contributed by atoms with E-state index < -0.39 is 17.7 Å². The summed E-state index contributed by atoms with van der Waals surface area (Å²) in [6.45, 7) is 7.33. The molecule has 0 aliphatic carbocycles. The number of halogens is 1. The predicted molar refractivity (Wildman–Crippen MR) is 96.6 cm³/mol. The van der Waals surface area contributed by atoms with Crippen molar-refractivity contribution < 1.29 is 19.4 Å². The Balaban J connectivity index is 3.05. The van der Waals surface area contributed by atoms with Crippen molar-refractivity contribution >= 4 is 51.7 Å². The minimum atomic E-state index is -0.966. The first-order chi connectivity index (χ1) is 10.2. The minimum absolute atomic E-state index is 0.164. The van der Waals surface area contributed by atoms with Crippen LogP contribution in [0.2, 0.25) is 0 Å². The van der Waals surface area contributed by atoms with E-state index in [2.05, 4.69) is 22.6 Å². The number of carboxylic acids is 1. The molecule has 0 spiro atoms. The molecule has 0 aromatic carbocycles. The smallest absolute Gasteiger partial charge is 0.415 e. The highest BCUT2D eigenvalue weighted by atomic mass is 127. The summed E-state index contributed by atoms with van der Waals surface area (Å²) in [4.78, 5) is 25.0. The lowest BCUT2D eigenvalue weighted by Gasteiger charge is -2.26. The lowest BCUT2D eigenvalue weighted by Crippen LogP contribution is -2.37. The maximum absolute atomic E-state index is 12.4. The van der Waals surface area contributed by atoms with E-state index in [0.29, 0.717) is 6.42 Å². The molecule has 0 unspecified atom stereocenters. The van der Waals surface area contributed by atoms with Gasteiger partial charge in [0.25, 0.3) is 0 Å². The Kier molecular flexibility index (Phi) is 6.86.